The van der Waals surface area contributed by atoms with Crippen molar-refractivity contribution in [1.82, 2.24) is 5.32 Å². The first-order valence-corrected chi connectivity index (χ1v) is 7.75. The highest BCUT2D eigenvalue weighted by Gasteiger charge is 2.26. The fourth-order valence-electron chi connectivity index (χ4n) is 3.44. The van der Waals surface area contributed by atoms with Crippen LogP contribution in [-0.4, -0.2) is 13.2 Å². The molecule has 1 saturated carbocycles. The Morgan fingerprint density at radius 2 is 2.10 bits per heavy atom. The molecule has 0 aliphatic heterocycles. The number of methoxy groups -OCH3 is 1. The molecule has 2 rings (SSSR count). The molecule has 0 aromatic heterocycles. The van der Waals surface area contributed by atoms with E-state index in [0.717, 1.165) is 0 Å². The van der Waals surface area contributed by atoms with E-state index in [2.05, 4.69) is 12.2 Å². The van der Waals surface area contributed by atoms with Crippen molar-refractivity contribution < 1.29 is 9.13 Å². The van der Waals surface area contributed by atoms with E-state index in [1.807, 2.05) is 13.0 Å². The Kier molecular flexibility index (Phi) is 5.41. The molecule has 1 fully saturated rings. The van der Waals surface area contributed by atoms with E-state index in [9.17, 15) is 4.39 Å². The van der Waals surface area contributed by atoms with Gasteiger partial charge in [-0.05, 0) is 37.8 Å². The lowest BCUT2D eigenvalue weighted by Gasteiger charge is -2.34. The molecule has 0 bridgehead atoms. The van der Waals surface area contributed by atoms with E-state index < -0.39 is 0 Å². The summed E-state index contributed by atoms with van der Waals surface area (Å²) in [5.74, 6) is 1.16. The maximum Gasteiger partial charge on any atom is 0.131 e. The van der Waals surface area contributed by atoms with E-state index in [1.54, 1.807) is 13.2 Å². The molecule has 0 radical (unpaired) electrons. The second-order valence-corrected chi connectivity index (χ2v) is 5.80. The van der Waals surface area contributed by atoms with E-state index in [-0.39, 0.29) is 11.9 Å². The maximum absolute atomic E-state index is 14.1. The van der Waals surface area contributed by atoms with Crippen LogP contribution < -0.4 is 10.1 Å². The van der Waals surface area contributed by atoms with Crippen LogP contribution in [0.1, 0.15) is 57.6 Å². The van der Waals surface area contributed by atoms with Gasteiger partial charge in [0.25, 0.3) is 0 Å². The lowest BCUT2D eigenvalue weighted by atomic mass is 9.82. The minimum Gasteiger partial charge on any atom is -0.496 e. The van der Waals surface area contributed by atoms with Crippen molar-refractivity contribution in [2.24, 2.45) is 5.92 Å². The predicted molar refractivity (Wildman–Crippen MR) is 80.5 cm³/mol. The molecule has 112 valence electrons. The summed E-state index contributed by atoms with van der Waals surface area (Å²) < 4.78 is 19.4. The lowest BCUT2D eigenvalue weighted by Crippen LogP contribution is -2.40. The quantitative estimate of drug-likeness (QED) is 0.859. The van der Waals surface area contributed by atoms with Gasteiger partial charge >= 0.3 is 0 Å². The summed E-state index contributed by atoms with van der Waals surface area (Å²) >= 11 is 0. The number of halogens is 1. The number of hydrogen-bond donors (Lipinski definition) is 1. The monoisotopic (exact) mass is 279 g/mol. The van der Waals surface area contributed by atoms with Gasteiger partial charge in [0.2, 0.25) is 0 Å². The Morgan fingerprint density at radius 3 is 2.80 bits per heavy atom. The van der Waals surface area contributed by atoms with Crippen LogP contribution in [0.4, 0.5) is 4.39 Å². The molecule has 20 heavy (non-hydrogen) atoms. The minimum atomic E-state index is -0.187. The molecule has 0 spiro atoms. The molecule has 1 aromatic carbocycles. The Bertz CT molecular complexity index is 435. The van der Waals surface area contributed by atoms with Crippen LogP contribution >= 0.6 is 0 Å². The summed E-state index contributed by atoms with van der Waals surface area (Å²) in [4.78, 5) is 0. The second-order valence-electron chi connectivity index (χ2n) is 5.80. The summed E-state index contributed by atoms with van der Waals surface area (Å²) in [5, 5.41) is 3.63. The lowest BCUT2D eigenvalue weighted by molar-refractivity contribution is 0.238. The van der Waals surface area contributed by atoms with Crippen LogP contribution in [0.5, 0.6) is 5.75 Å². The summed E-state index contributed by atoms with van der Waals surface area (Å²) in [6, 6.07) is 5.50. The number of rotatable bonds is 5. The molecule has 1 aliphatic carbocycles. The molecule has 0 amide bonds. The van der Waals surface area contributed by atoms with E-state index >= 15 is 0 Å². The van der Waals surface area contributed by atoms with Crippen LogP contribution in [-0.2, 0) is 0 Å². The van der Waals surface area contributed by atoms with Crippen LogP contribution in [0.3, 0.4) is 0 Å². The van der Waals surface area contributed by atoms with E-state index in [1.165, 1.54) is 38.2 Å². The smallest absolute Gasteiger partial charge is 0.131 e. The summed E-state index contributed by atoms with van der Waals surface area (Å²) in [5.41, 5.74) is 0.649. The Hall–Kier alpha value is -1.09. The zero-order valence-electron chi connectivity index (χ0n) is 12.8. The molecule has 1 N–H and O–H groups in total. The van der Waals surface area contributed by atoms with Gasteiger partial charge in [0, 0.05) is 17.6 Å². The first-order valence-electron chi connectivity index (χ1n) is 7.75. The van der Waals surface area contributed by atoms with Gasteiger partial charge in [0.15, 0.2) is 0 Å². The average Bonchev–Trinajstić information content (AvgIpc) is 2.47. The Balaban J connectivity index is 2.13. The summed E-state index contributed by atoms with van der Waals surface area (Å²) in [6.45, 7) is 4.28. The van der Waals surface area contributed by atoms with Crippen molar-refractivity contribution in [1.29, 1.82) is 0 Å². The first-order chi connectivity index (χ1) is 9.67. The second kappa shape index (κ2) is 7.07. The normalized spacial score (nSPS) is 24.4. The van der Waals surface area contributed by atoms with Gasteiger partial charge in [-0.1, -0.05) is 32.3 Å². The van der Waals surface area contributed by atoms with Crippen molar-refractivity contribution in [3.05, 3.63) is 29.6 Å². The van der Waals surface area contributed by atoms with Crippen molar-refractivity contribution in [2.45, 2.75) is 58.0 Å². The molecule has 0 heterocycles. The van der Waals surface area contributed by atoms with Crippen molar-refractivity contribution in [3.8, 4) is 5.75 Å². The third kappa shape index (κ3) is 3.32. The third-order valence-electron chi connectivity index (χ3n) is 4.56. The maximum atomic E-state index is 14.1. The van der Waals surface area contributed by atoms with E-state index in [4.69, 9.17) is 4.74 Å². The highest BCUT2D eigenvalue weighted by atomic mass is 19.1. The fraction of sp³-hybridized carbons (Fsp3) is 0.647. The number of nitrogens with one attached hydrogen (secondary N) is 1. The van der Waals surface area contributed by atoms with Gasteiger partial charge in [0.05, 0.1) is 7.11 Å². The van der Waals surface area contributed by atoms with Gasteiger partial charge in [-0.15, -0.1) is 0 Å². The molecule has 1 aliphatic rings. The summed E-state index contributed by atoms with van der Waals surface area (Å²) in [7, 11) is 1.60. The molecule has 3 unspecified atom stereocenters. The van der Waals surface area contributed by atoms with E-state index in [0.29, 0.717) is 23.3 Å². The molecule has 3 atom stereocenters. The highest BCUT2D eigenvalue weighted by molar-refractivity contribution is 5.37. The van der Waals surface area contributed by atoms with Crippen molar-refractivity contribution >= 4 is 0 Å². The molecule has 0 saturated heterocycles. The van der Waals surface area contributed by atoms with Gasteiger partial charge in [-0.2, -0.15) is 0 Å². The third-order valence-corrected chi connectivity index (χ3v) is 4.56. The first kappa shape index (κ1) is 15.3. The number of benzene rings is 1. The largest absolute Gasteiger partial charge is 0.496 e. The summed E-state index contributed by atoms with van der Waals surface area (Å²) in [6.07, 6.45) is 6.27. The standard InChI is InChI=1S/C17H26FNO/c1-4-13-8-5-6-10-15(13)19-12(2)17-14(18)9-7-11-16(17)20-3/h7,9,11-13,15,19H,4-6,8,10H2,1-3H3. The van der Waals surface area contributed by atoms with Crippen LogP contribution in [0.15, 0.2) is 18.2 Å². The molecular weight excluding hydrogens is 253 g/mol. The zero-order chi connectivity index (χ0) is 14.5. The molecule has 3 heteroatoms. The fourth-order valence-corrected chi connectivity index (χ4v) is 3.44. The van der Waals surface area contributed by atoms with Crippen molar-refractivity contribution in [3.63, 3.8) is 0 Å². The topological polar surface area (TPSA) is 21.3 Å². The Morgan fingerprint density at radius 1 is 1.35 bits per heavy atom. The minimum absolute atomic E-state index is 0.0247. The highest BCUT2D eigenvalue weighted by Crippen LogP contribution is 2.32. The zero-order valence-corrected chi connectivity index (χ0v) is 12.8. The number of hydrogen-bond acceptors (Lipinski definition) is 2. The van der Waals surface area contributed by atoms with Crippen LogP contribution in [0, 0.1) is 11.7 Å². The average molecular weight is 279 g/mol. The number of ether oxygens (including phenoxy) is 1. The van der Waals surface area contributed by atoms with Crippen molar-refractivity contribution in [2.75, 3.05) is 7.11 Å². The molecule has 2 nitrogen and oxygen atoms in total. The predicted octanol–water partition coefficient (Wildman–Crippen LogP) is 4.45. The van der Waals surface area contributed by atoms with Gasteiger partial charge in [0.1, 0.15) is 11.6 Å². The Labute approximate surface area is 121 Å². The van der Waals surface area contributed by atoms with Gasteiger partial charge in [-0.3, -0.25) is 0 Å². The van der Waals surface area contributed by atoms with Crippen LogP contribution in [0.2, 0.25) is 0 Å². The van der Waals surface area contributed by atoms with Crippen LogP contribution in [0.25, 0.3) is 0 Å². The SMILES string of the molecule is CCC1CCCCC1NC(C)c1c(F)cccc1OC. The van der Waals surface area contributed by atoms with Gasteiger partial charge < -0.3 is 10.1 Å². The molecule has 1 aromatic rings. The van der Waals surface area contributed by atoms with Gasteiger partial charge in [-0.25, -0.2) is 4.39 Å². The molecular formula is C17H26FNO.